The first-order chi connectivity index (χ1) is 14.8. The SMILES string of the molecule is CCOc1cc(/C=C2\C(=O)NC(=O)N(Cc3ccco3)C2=O)cc(I)c1O[C@@H](C)CC. The second-order valence-corrected chi connectivity index (χ2v) is 8.05. The highest BCUT2D eigenvalue weighted by Crippen LogP contribution is 2.36. The van der Waals surface area contributed by atoms with Gasteiger partial charge < -0.3 is 13.9 Å². The molecule has 1 aliphatic heterocycles. The molecule has 0 saturated carbocycles. The Morgan fingerprint density at radius 2 is 2.03 bits per heavy atom. The molecule has 1 atom stereocenters. The Bertz CT molecular complexity index is 1020. The second-order valence-electron chi connectivity index (χ2n) is 6.89. The number of halogens is 1. The standard InChI is InChI=1S/C22H23IN2O6/c1-4-13(3)31-19-17(23)10-14(11-18(19)29-5-2)9-16-20(26)24-22(28)25(21(16)27)12-15-7-6-8-30-15/h6-11,13H,4-5,12H2,1-3H3,(H,24,26,28)/b16-9+/t13-/m0/s1. The molecule has 4 amide bonds. The van der Waals surface area contributed by atoms with Gasteiger partial charge in [-0.25, -0.2) is 4.79 Å². The largest absolute Gasteiger partial charge is 0.490 e. The van der Waals surface area contributed by atoms with Crippen LogP contribution in [0, 0.1) is 3.57 Å². The lowest BCUT2D eigenvalue weighted by Crippen LogP contribution is -2.53. The monoisotopic (exact) mass is 538 g/mol. The summed E-state index contributed by atoms with van der Waals surface area (Å²) in [4.78, 5) is 38.4. The Labute approximate surface area is 193 Å². The van der Waals surface area contributed by atoms with E-state index in [0.29, 0.717) is 29.4 Å². The average molecular weight is 538 g/mol. The van der Waals surface area contributed by atoms with Gasteiger partial charge in [0.25, 0.3) is 11.8 Å². The minimum atomic E-state index is -0.787. The molecule has 9 heteroatoms. The number of carbonyl (C=O) groups is 3. The summed E-state index contributed by atoms with van der Waals surface area (Å²) in [5.74, 6) is 0.121. The van der Waals surface area contributed by atoms with Crippen LogP contribution in [-0.4, -0.2) is 35.5 Å². The quantitative estimate of drug-likeness (QED) is 0.309. The number of hydrogen-bond donors (Lipinski definition) is 1. The number of imide groups is 2. The van der Waals surface area contributed by atoms with Gasteiger partial charge in [0.1, 0.15) is 11.3 Å². The van der Waals surface area contributed by atoms with Crippen molar-refractivity contribution in [1.29, 1.82) is 0 Å². The molecular weight excluding hydrogens is 515 g/mol. The van der Waals surface area contributed by atoms with Gasteiger partial charge in [-0.1, -0.05) is 6.92 Å². The number of hydrogen-bond acceptors (Lipinski definition) is 6. The van der Waals surface area contributed by atoms with E-state index in [0.717, 1.165) is 14.9 Å². The smallest absolute Gasteiger partial charge is 0.331 e. The third-order valence-corrected chi connectivity index (χ3v) is 5.42. The van der Waals surface area contributed by atoms with Crippen LogP contribution in [0.3, 0.4) is 0 Å². The molecular formula is C22H23IN2O6. The van der Waals surface area contributed by atoms with Gasteiger partial charge in [0.15, 0.2) is 11.5 Å². The second kappa shape index (κ2) is 9.99. The van der Waals surface area contributed by atoms with E-state index in [1.54, 1.807) is 24.3 Å². The summed E-state index contributed by atoms with van der Waals surface area (Å²) in [6.07, 6.45) is 3.73. The maximum atomic E-state index is 12.9. The number of carbonyl (C=O) groups excluding carboxylic acids is 3. The fourth-order valence-corrected chi connectivity index (χ4v) is 3.65. The number of furan rings is 1. The third kappa shape index (κ3) is 5.27. The maximum absolute atomic E-state index is 12.9. The number of nitrogens with one attached hydrogen (secondary N) is 1. The Hall–Kier alpha value is -2.82. The first-order valence-electron chi connectivity index (χ1n) is 9.88. The molecule has 1 aliphatic rings. The zero-order valence-electron chi connectivity index (χ0n) is 17.4. The summed E-state index contributed by atoms with van der Waals surface area (Å²) in [5, 5.41) is 2.20. The van der Waals surface area contributed by atoms with Crippen LogP contribution in [-0.2, 0) is 16.1 Å². The zero-order valence-corrected chi connectivity index (χ0v) is 19.6. The summed E-state index contributed by atoms with van der Waals surface area (Å²) in [6, 6.07) is 6.02. The van der Waals surface area contributed by atoms with Crippen molar-refractivity contribution in [2.75, 3.05) is 6.61 Å². The topological polar surface area (TPSA) is 98.1 Å². The molecule has 1 N–H and O–H groups in total. The van der Waals surface area contributed by atoms with Crippen molar-refractivity contribution in [3.05, 3.63) is 51.0 Å². The predicted octanol–water partition coefficient (Wildman–Crippen LogP) is 4.12. The van der Waals surface area contributed by atoms with Crippen molar-refractivity contribution in [2.45, 2.75) is 39.8 Å². The van der Waals surface area contributed by atoms with Crippen LogP contribution in [0.25, 0.3) is 6.08 Å². The Morgan fingerprint density at radius 1 is 1.26 bits per heavy atom. The molecule has 0 radical (unpaired) electrons. The van der Waals surface area contributed by atoms with Gasteiger partial charge in [0.05, 0.1) is 29.1 Å². The highest BCUT2D eigenvalue weighted by Gasteiger charge is 2.36. The summed E-state index contributed by atoms with van der Waals surface area (Å²) in [6.45, 7) is 6.21. The van der Waals surface area contributed by atoms with Gasteiger partial charge in [-0.05, 0) is 78.8 Å². The van der Waals surface area contributed by atoms with Gasteiger partial charge >= 0.3 is 6.03 Å². The highest BCUT2D eigenvalue weighted by molar-refractivity contribution is 14.1. The number of ether oxygens (including phenoxy) is 2. The van der Waals surface area contributed by atoms with Crippen molar-refractivity contribution in [2.24, 2.45) is 0 Å². The highest BCUT2D eigenvalue weighted by atomic mass is 127. The van der Waals surface area contributed by atoms with Crippen LogP contribution in [0.4, 0.5) is 4.79 Å². The van der Waals surface area contributed by atoms with E-state index in [4.69, 9.17) is 13.9 Å². The average Bonchev–Trinajstić information content (AvgIpc) is 3.24. The number of barbiturate groups is 1. The van der Waals surface area contributed by atoms with E-state index in [-0.39, 0.29) is 18.2 Å². The predicted molar refractivity (Wildman–Crippen MR) is 121 cm³/mol. The van der Waals surface area contributed by atoms with Crippen LogP contribution in [0.5, 0.6) is 11.5 Å². The molecule has 1 aromatic heterocycles. The van der Waals surface area contributed by atoms with Crippen LogP contribution >= 0.6 is 22.6 Å². The molecule has 0 bridgehead atoms. The zero-order chi connectivity index (χ0) is 22.5. The number of amides is 4. The van der Waals surface area contributed by atoms with Crippen molar-refractivity contribution in [1.82, 2.24) is 10.2 Å². The van der Waals surface area contributed by atoms with E-state index >= 15 is 0 Å². The lowest BCUT2D eigenvalue weighted by Gasteiger charge is -2.25. The summed E-state index contributed by atoms with van der Waals surface area (Å²) in [5.41, 5.74) is 0.426. The van der Waals surface area contributed by atoms with Crippen molar-refractivity contribution in [3.8, 4) is 11.5 Å². The van der Waals surface area contributed by atoms with Gasteiger partial charge in [-0.15, -0.1) is 0 Å². The first-order valence-corrected chi connectivity index (χ1v) is 11.0. The van der Waals surface area contributed by atoms with Crippen LogP contribution in [0.1, 0.15) is 38.5 Å². The molecule has 3 rings (SSSR count). The van der Waals surface area contributed by atoms with Crippen molar-refractivity contribution >= 4 is 46.5 Å². The minimum Gasteiger partial charge on any atom is -0.490 e. The van der Waals surface area contributed by atoms with Crippen LogP contribution < -0.4 is 14.8 Å². The molecule has 0 spiro atoms. The number of benzene rings is 1. The van der Waals surface area contributed by atoms with Crippen molar-refractivity contribution < 1.29 is 28.3 Å². The van der Waals surface area contributed by atoms with Gasteiger partial charge in [-0.3, -0.25) is 19.8 Å². The number of nitrogens with zero attached hydrogens (tertiary/aromatic N) is 1. The van der Waals surface area contributed by atoms with E-state index in [1.165, 1.54) is 12.3 Å². The third-order valence-electron chi connectivity index (χ3n) is 4.62. The van der Waals surface area contributed by atoms with Gasteiger partial charge in [0, 0.05) is 0 Å². The summed E-state index contributed by atoms with van der Waals surface area (Å²) < 4.78 is 17.7. The lowest BCUT2D eigenvalue weighted by atomic mass is 10.1. The molecule has 8 nitrogen and oxygen atoms in total. The molecule has 1 aromatic carbocycles. The number of urea groups is 1. The van der Waals surface area contributed by atoms with Crippen LogP contribution in [0.2, 0.25) is 0 Å². The first kappa shape index (κ1) is 22.9. The fourth-order valence-electron chi connectivity index (χ4n) is 2.90. The molecule has 1 saturated heterocycles. The van der Waals surface area contributed by atoms with E-state index in [1.807, 2.05) is 20.8 Å². The number of rotatable bonds is 8. The molecule has 164 valence electrons. The summed E-state index contributed by atoms with van der Waals surface area (Å²) >= 11 is 2.13. The molecule has 0 unspecified atom stereocenters. The molecule has 2 aromatic rings. The minimum absolute atomic E-state index is 0.00352. The normalized spacial score (nSPS) is 16.5. The van der Waals surface area contributed by atoms with E-state index in [2.05, 4.69) is 27.9 Å². The van der Waals surface area contributed by atoms with Gasteiger partial charge in [0.2, 0.25) is 0 Å². The van der Waals surface area contributed by atoms with E-state index < -0.39 is 17.8 Å². The summed E-state index contributed by atoms with van der Waals surface area (Å²) in [7, 11) is 0. The Balaban J connectivity index is 1.95. The molecule has 31 heavy (non-hydrogen) atoms. The molecule has 1 fully saturated rings. The Kier molecular flexibility index (Phi) is 7.37. The van der Waals surface area contributed by atoms with Crippen LogP contribution in [0.15, 0.2) is 40.5 Å². The van der Waals surface area contributed by atoms with E-state index in [9.17, 15) is 14.4 Å². The van der Waals surface area contributed by atoms with Crippen molar-refractivity contribution in [3.63, 3.8) is 0 Å². The fraction of sp³-hybridized carbons (Fsp3) is 0.318. The van der Waals surface area contributed by atoms with Gasteiger partial charge in [-0.2, -0.15) is 0 Å². The molecule has 0 aliphatic carbocycles. The molecule has 2 heterocycles. The lowest BCUT2D eigenvalue weighted by molar-refractivity contribution is -0.130. The maximum Gasteiger partial charge on any atom is 0.331 e. The Morgan fingerprint density at radius 3 is 2.68 bits per heavy atom.